The number of rotatable bonds is 2. The Morgan fingerprint density at radius 2 is 2.31 bits per heavy atom. The number of benzene rings is 1. The molecule has 1 aromatic carbocycles. The molecule has 0 amide bonds. The maximum atomic E-state index is 5.44. The minimum Gasteiger partial charge on any atom is -0.330 e. The van der Waals surface area contributed by atoms with Gasteiger partial charge in [0.1, 0.15) is 0 Å². The quantitative estimate of drug-likeness (QED) is 0.777. The van der Waals surface area contributed by atoms with E-state index in [9.17, 15) is 0 Å². The maximum absolute atomic E-state index is 5.44. The highest BCUT2D eigenvalue weighted by atomic mass is 32.1. The van der Waals surface area contributed by atoms with Gasteiger partial charge in [0.25, 0.3) is 0 Å². The van der Waals surface area contributed by atoms with Crippen molar-refractivity contribution >= 4 is 23.3 Å². The van der Waals surface area contributed by atoms with Crippen molar-refractivity contribution in [2.24, 2.45) is 5.92 Å². The van der Waals surface area contributed by atoms with Crippen molar-refractivity contribution in [2.45, 2.75) is 32.7 Å². The zero-order valence-corrected chi connectivity index (χ0v) is 10.5. The predicted molar refractivity (Wildman–Crippen MR) is 69.3 cm³/mol. The number of hydrogen-bond donors (Lipinski definition) is 1. The number of aromatic amines is 1. The van der Waals surface area contributed by atoms with Crippen LogP contribution in [0.2, 0.25) is 0 Å². The maximum Gasteiger partial charge on any atom is 0.178 e. The van der Waals surface area contributed by atoms with Gasteiger partial charge in [-0.15, -0.1) is 0 Å². The fourth-order valence-electron chi connectivity index (χ4n) is 2.61. The number of para-hydroxylation sites is 1. The average molecular weight is 232 g/mol. The molecule has 2 nitrogen and oxygen atoms in total. The number of fused-ring (bicyclic) bond motifs is 1. The lowest BCUT2D eigenvalue weighted by atomic mass is 10.2. The Morgan fingerprint density at radius 1 is 1.50 bits per heavy atom. The van der Waals surface area contributed by atoms with Crippen molar-refractivity contribution < 1.29 is 0 Å². The molecule has 1 heterocycles. The summed E-state index contributed by atoms with van der Waals surface area (Å²) in [6.45, 7) is 4.39. The molecule has 1 fully saturated rings. The Balaban J connectivity index is 2.21. The molecular formula is C13H16N2S. The molecule has 0 spiro atoms. The molecule has 1 saturated carbocycles. The van der Waals surface area contributed by atoms with Gasteiger partial charge in [-0.3, -0.25) is 0 Å². The fraction of sp³-hybridized carbons (Fsp3) is 0.462. The van der Waals surface area contributed by atoms with Crippen molar-refractivity contribution in [1.82, 2.24) is 9.55 Å². The molecule has 1 aromatic heterocycles. The van der Waals surface area contributed by atoms with Gasteiger partial charge in [-0.25, -0.2) is 0 Å². The molecule has 84 valence electrons. The van der Waals surface area contributed by atoms with E-state index >= 15 is 0 Å². The van der Waals surface area contributed by atoms with E-state index in [4.69, 9.17) is 12.2 Å². The second-order valence-corrected chi connectivity index (χ2v) is 5.13. The largest absolute Gasteiger partial charge is 0.330 e. The number of hydrogen-bond acceptors (Lipinski definition) is 1. The normalized spacial score (nSPS) is 23.9. The Hall–Kier alpha value is -1.09. The van der Waals surface area contributed by atoms with Crippen molar-refractivity contribution in [1.29, 1.82) is 0 Å². The number of nitrogens with one attached hydrogen (secondary N) is 1. The van der Waals surface area contributed by atoms with Gasteiger partial charge >= 0.3 is 0 Å². The third kappa shape index (κ3) is 1.34. The van der Waals surface area contributed by atoms with Gasteiger partial charge in [0.2, 0.25) is 0 Å². The molecule has 1 N–H and O–H groups in total. The van der Waals surface area contributed by atoms with Crippen molar-refractivity contribution in [3.05, 3.63) is 28.5 Å². The van der Waals surface area contributed by atoms with Crippen LogP contribution in [0.15, 0.2) is 18.2 Å². The molecule has 16 heavy (non-hydrogen) atoms. The number of aryl methyl sites for hydroxylation is 1. The van der Waals surface area contributed by atoms with Gasteiger partial charge in [0.15, 0.2) is 4.77 Å². The summed E-state index contributed by atoms with van der Waals surface area (Å²) < 4.78 is 3.19. The first-order valence-corrected chi connectivity index (χ1v) is 6.33. The summed E-state index contributed by atoms with van der Waals surface area (Å²) in [5.41, 5.74) is 3.75. The Morgan fingerprint density at radius 3 is 3.00 bits per heavy atom. The number of H-pyrrole nitrogens is 1. The summed E-state index contributed by atoms with van der Waals surface area (Å²) >= 11 is 5.44. The van der Waals surface area contributed by atoms with Gasteiger partial charge in [-0.1, -0.05) is 25.5 Å². The second-order valence-electron chi connectivity index (χ2n) is 4.74. The van der Waals surface area contributed by atoms with Crippen LogP contribution in [0, 0.1) is 17.6 Å². The molecule has 0 saturated heterocycles. The summed E-state index contributed by atoms with van der Waals surface area (Å²) in [5.74, 6) is 0.825. The van der Waals surface area contributed by atoms with Crippen LogP contribution < -0.4 is 0 Å². The van der Waals surface area contributed by atoms with E-state index in [0.717, 1.165) is 10.7 Å². The first-order valence-electron chi connectivity index (χ1n) is 5.92. The molecule has 3 rings (SSSR count). The third-order valence-corrected chi connectivity index (χ3v) is 4.00. The summed E-state index contributed by atoms with van der Waals surface area (Å²) in [6.07, 6.45) is 2.54. The molecule has 2 atom stereocenters. The van der Waals surface area contributed by atoms with E-state index < -0.39 is 0 Å². The van der Waals surface area contributed by atoms with Crippen molar-refractivity contribution in [3.63, 3.8) is 0 Å². The second kappa shape index (κ2) is 3.45. The van der Waals surface area contributed by atoms with Gasteiger partial charge in [0, 0.05) is 6.04 Å². The van der Waals surface area contributed by atoms with Gasteiger partial charge < -0.3 is 9.55 Å². The van der Waals surface area contributed by atoms with Crippen LogP contribution in [0.3, 0.4) is 0 Å². The molecule has 2 aromatic rings. The van der Waals surface area contributed by atoms with Crippen LogP contribution in [0.4, 0.5) is 0 Å². The van der Waals surface area contributed by atoms with Crippen LogP contribution >= 0.6 is 12.2 Å². The Bertz CT molecular complexity index is 593. The highest BCUT2D eigenvalue weighted by Gasteiger charge is 2.38. The van der Waals surface area contributed by atoms with E-state index in [1.807, 2.05) is 0 Å². The number of imidazole rings is 1. The standard InChI is InChI=1S/C13H16N2S/c1-3-9-7-11(9)15-10-6-4-5-8(2)12(10)14-13(15)16/h4-6,9,11H,3,7H2,1-2H3,(H,14,16). The Kier molecular flexibility index (Phi) is 2.18. The fourth-order valence-corrected chi connectivity index (χ4v) is 2.94. The molecular weight excluding hydrogens is 216 g/mol. The Labute approximate surface area is 100 Å². The lowest BCUT2D eigenvalue weighted by molar-refractivity contribution is 0.648. The van der Waals surface area contributed by atoms with Crippen molar-refractivity contribution in [2.75, 3.05) is 0 Å². The van der Waals surface area contributed by atoms with Crippen molar-refractivity contribution in [3.8, 4) is 0 Å². The topological polar surface area (TPSA) is 20.7 Å². The molecule has 0 aliphatic heterocycles. The van der Waals surface area contributed by atoms with Crippen LogP contribution in [-0.4, -0.2) is 9.55 Å². The smallest absolute Gasteiger partial charge is 0.178 e. The van der Waals surface area contributed by atoms with Crippen LogP contribution in [-0.2, 0) is 0 Å². The van der Waals surface area contributed by atoms with Gasteiger partial charge in [0.05, 0.1) is 11.0 Å². The van der Waals surface area contributed by atoms with E-state index in [1.165, 1.54) is 29.4 Å². The van der Waals surface area contributed by atoms with Crippen LogP contribution in [0.5, 0.6) is 0 Å². The molecule has 1 aliphatic carbocycles. The summed E-state index contributed by atoms with van der Waals surface area (Å²) in [7, 11) is 0. The highest BCUT2D eigenvalue weighted by Crippen LogP contribution is 2.47. The van der Waals surface area contributed by atoms with E-state index in [1.54, 1.807) is 0 Å². The SMILES string of the molecule is CCC1CC1n1c(=S)[nH]c2c(C)cccc21. The zero-order valence-electron chi connectivity index (χ0n) is 9.66. The summed E-state index contributed by atoms with van der Waals surface area (Å²) in [4.78, 5) is 3.34. The third-order valence-electron chi connectivity index (χ3n) is 3.70. The van der Waals surface area contributed by atoms with E-state index in [-0.39, 0.29) is 0 Å². The number of aromatic nitrogens is 2. The lowest BCUT2D eigenvalue weighted by Crippen LogP contribution is -1.95. The first kappa shape index (κ1) is 10.1. The van der Waals surface area contributed by atoms with Gasteiger partial charge in [-0.05, 0) is 43.1 Å². The first-order chi connectivity index (χ1) is 7.72. The predicted octanol–water partition coefficient (Wildman–Crippen LogP) is 3.98. The molecule has 0 radical (unpaired) electrons. The zero-order chi connectivity index (χ0) is 11.3. The highest BCUT2D eigenvalue weighted by molar-refractivity contribution is 7.71. The summed E-state index contributed by atoms with van der Waals surface area (Å²) in [6, 6.07) is 7.04. The van der Waals surface area contributed by atoms with Gasteiger partial charge in [-0.2, -0.15) is 0 Å². The molecule has 1 aliphatic rings. The molecule has 2 unspecified atom stereocenters. The minimum atomic E-state index is 0.632. The van der Waals surface area contributed by atoms with Crippen LogP contribution in [0.25, 0.3) is 11.0 Å². The molecule has 0 bridgehead atoms. The monoisotopic (exact) mass is 232 g/mol. The summed E-state index contributed by atoms with van der Waals surface area (Å²) in [5, 5.41) is 0. The number of nitrogens with zero attached hydrogens (tertiary/aromatic N) is 1. The van der Waals surface area contributed by atoms with Crippen LogP contribution in [0.1, 0.15) is 31.4 Å². The molecule has 3 heteroatoms. The average Bonchev–Trinajstić information content (AvgIpc) is 2.95. The van der Waals surface area contributed by atoms with E-state index in [0.29, 0.717) is 6.04 Å². The van der Waals surface area contributed by atoms with E-state index in [2.05, 4.69) is 41.6 Å². The lowest BCUT2D eigenvalue weighted by Gasteiger charge is -2.03. The minimum absolute atomic E-state index is 0.632.